The lowest BCUT2D eigenvalue weighted by Crippen LogP contribution is -2.33. The Morgan fingerprint density at radius 3 is 2.70 bits per heavy atom. The third kappa shape index (κ3) is 3.46. The van der Waals surface area contributed by atoms with Crippen LogP contribution >= 0.6 is 22.9 Å². The van der Waals surface area contributed by atoms with Crippen LogP contribution in [0.25, 0.3) is 5.69 Å². The molecular formula is C20H17ClN4O4S. The highest BCUT2D eigenvalue weighted by Crippen LogP contribution is 2.37. The van der Waals surface area contributed by atoms with E-state index in [9.17, 15) is 19.5 Å². The number of carbonyl (C=O) groups is 1. The zero-order chi connectivity index (χ0) is 21.6. The molecule has 3 aromatic rings. The number of hydrazone groups is 1. The largest absolute Gasteiger partial charge is 0.493 e. The number of nitrogens with zero attached hydrogens (tertiary/aromatic N) is 3. The Hall–Kier alpha value is -3.17. The number of thiophene rings is 1. The highest BCUT2D eigenvalue weighted by molar-refractivity contribution is 7.12. The molecular weight excluding hydrogens is 428 g/mol. The van der Waals surface area contributed by atoms with Gasteiger partial charge in [0.15, 0.2) is 0 Å². The van der Waals surface area contributed by atoms with Crippen LogP contribution in [0.1, 0.15) is 34.7 Å². The van der Waals surface area contributed by atoms with E-state index in [0.29, 0.717) is 5.02 Å². The summed E-state index contributed by atoms with van der Waals surface area (Å²) in [4.78, 5) is 41.4. The van der Waals surface area contributed by atoms with Gasteiger partial charge in [0, 0.05) is 28.1 Å². The van der Waals surface area contributed by atoms with Gasteiger partial charge in [0.05, 0.1) is 17.4 Å². The van der Waals surface area contributed by atoms with Crippen molar-refractivity contribution in [2.45, 2.75) is 26.3 Å². The van der Waals surface area contributed by atoms with Gasteiger partial charge < -0.3 is 5.11 Å². The summed E-state index contributed by atoms with van der Waals surface area (Å²) in [5.74, 6) is -0.851. The molecule has 0 saturated heterocycles. The van der Waals surface area contributed by atoms with E-state index in [1.165, 1.54) is 29.3 Å². The molecule has 0 radical (unpaired) electrons. The van der Waals surface area contributed by atoms with Crippen LogP contribution in [-0.4, -0.2) is 31.3 Å². The average Bonchev–Trinajstić information content (AvgIpc) is 3.28. The first-order valence-electron chi connectivity index (χ1n) is 9.04. The van der Waals surface area contributed by atoms with Crippen LogP contribution < -0.4 is 11.2 Å². The minimum atomic E-state index is -0.809. The maximum atomic E-state index is 12.6. The van der Waals surface area contributed by atoms with Gasteiger partial charge in [-0.3, -0.25) is 14.6 Å². The number of H-pyrrole nitrogens is 1. The summed E-state index contributed by atoms with van der Waals surface area (Å²) in [5, 5.41) is 16.8. The second-order valence-corrected chi connectivity index (χ2v) is 8.61. The first-order valence-corrected chi connectivity index (χ1v) is 10.2. The lowest BCUT2D eigenvalue weighted by Gasteiger charge is -2.18. The molecule has 1 aliphatic rings. The van der Waals surface area contributed by atoms with Crippen LogP contribution in [0.4, 0.5) is 0 Å². The van der Waals surface area contributed by atoms with E-state index in [4.69, 9.17) is 11.6 Å². The van der Waals surface area contributed by atoms with Crippen molar-refractivity contribution < 1.29 is 9.90 Å². The molecule has 4 rings (SSSR count). The van der Waals surface area contributed by atoms with Gasteiger partial charge in [0.2, 0.25) is 11.8 Å². The van der Waals surface area contributed by atoms with Crippen LogP contribution in [0, 0.1) is 6.92 Å². The highest BCUT2D eigenvalue weighted by atomic mass is 35.5. The van der Waals surface area contributed by atoms with Crippen LogP contribution in [0.3, 0.4) is 0 Å². The van der Waals surface area contributed by atoms with E-state index >= 15 is 0 Å². The Balaban J connectivity index is 1.85. The molecule has 1 amide bonds. The predicted octanol–water partition coefficient (Wildman–Crippen LogP) is 2.95. The van der Waals surface area contributed by atoms with E-state index in [-0.39, 0.29) is 35.3 Å². The molecule has 1 unspecified atom stereocenters. The van der Waals surface area contributed by atoms with Crippen molar-refractivity contribution >= 4 is 34.6 Å². The fraction of sp³-hybridized carbons (Fsp3) is 0.200. The number of aromatic hydroxyl groups is 1. The van der Waals surface area contributed by atoms with E-state index in [1.54, 1.807) is 18.2 Å². The molecule has 30 heavy (non-hydrogen) atoms. The molecule has 1 atom stereocenters. The van der Waals surface area contributed by atoms with Gasteiger partial charge in [0.1, 0.15) is 5.56 Å². The summed E-state index contributed by atoms with van der Waals surface area (Å²) >= 11 is 7.54. The third-order valence-corrected chi connectivity index (χ3v) is 6.10. The molecule has 0 saturated carbocycles. The number of halogens is 1. The number of aromatic amines is 1. The van der Waals surface area contributed by atoms with Crippen LogP contribution in [0.2, 0.25) is 5.02 Å². The maximum absolute atomic E-state index is 12.6. The second kappa shape index (κ2) is 7.58. The van der Waals surface area contributed by atoms with Gasteiger partial charge in [-0.2, -0.15) is 5.10 Å². The molecule has 0 aliphatic carbocycles. The molecule has 0 bridgehead atoms. The number of amides is 1. The summed E-state index contributed by atoms with van der Waals surface area (Å²) in [6.45, 7) is 3.34. The zero-order valence-corrected chi connectivity index (χ0v) is 17.6. The molecule has 2 N–H and O–H groups in total. The Labute approximate surface area is 179 Å². The molecule has 1 aliphatic heterocycles. The standard InChI is InChI=1S/C20H17ClN4O4S/c1-10-6-7-16(30-10)15-9-14(23-25(15)11(2)26)17-18(27)22-20(29)24(19(17)28)13-5-3-4-12(21)8-13/h3-8,15,28H,9H2,1-2H3,(H,22,27,29). The van der Waals surface area contributed by atoms with Crippen LogP contribution in [-0.2, 0) is 4.79 Å². The van der Waals surface area contributed by atoms with E-state index in [1.807, 2.05) is 19.1 Å². The van der Waals surface area contributed by atoms with Gasteiger partial charge >= 0.3 is 5.69 Å². The number of hydrogen-bond acceptors (Lipinski definition) is 6. The summed E-state index contributed by atoms with van der Waals surface area (Å²) in [6.07, 6.45) is 0.226. The number of rotatable bonds is 3. The number of hydrogen-bond donors (Lipinski definition) is 2. The number of aromatic nitrogens is 2. The minimum absolute atomic E-state index is 0.156. The van der Waals surface area contributed by atoms with E-state index < -0.39 is 17.1 Å². The van der Waals surface area contributed by atoms with Crippen molar-refractivity contribution in [2.24, 2.45) is 5.10 Å². The van der Waals surface area contributed by atoms with Crippen molar-refractivity contribution in [3.05, 3.63) is 77.6 Å². The van der Waals surface area contributed by atoms with Gasteiger partial charge in [-0.15, -0.1) is 11.3 Å². The fourth-order valence-corrected chi connectivity index (χ4v) is 4.59. The number of carbonyl (C=O) groups excluding carboxylic acids is 1. The predicted molar refractivity (Wildman–Crippen MR) is 115 cm³/mol. The van der Waals surface area contributed by atoms with Crippen LogP contribution in [0.5, 0.6) is 5.88 Å². The molecule has 154 valence electrons. The Morgan fingerprint density at radius 2 is 2.07 bits per heavy atom. The third-order valence-electron chi connectivity index (χ3n) is 4.76. The normalized spacial score (nSPS) is 16.0. The quantitative estimate of drug-likeness (QED) is 0.647. The van der Waals surface area contributed by atoms with Crippen molar-refractivity contribution in [1.82, 2.24) is 14.6 Å². The number of benzene rings is 1. The van der Waals surface area contributed by atoms with Gasteiger partial charge in [-0.05, 0) is 37.3 Å². The highest BCUT2D eigenvalue weighted by Gasteiger charge is 2.35. The smallest absolute Gasteiger partial charge is 0.335 e. The monoisotopic (exact) mass is 444 g/mol. The lowest BCUT2D eigenvalue weighted by molar-refractivity contribution is -0.130. The topological polar surface area (TPSA) is 108 Å². The van der Waals surface area contributed by atoms with Crippen LogP contribution in [0.15, 0.2) is 51.1 Å². The summed E-state index contributed by atoms with van der Waals surface area (Å²) in [6, 6.07) is 9.77. The van der Waals surface area contributed by atoms with Crippen molar-refractivity contribution in [3.8, 4) is 11.6 Å². The van der Waals surface area contributed by atoms with E-state index in [0.717, 1.165) is 14.3 Å². The van der Waals surface area contributed by atoms with Crippen molar-refractivity contribution in [2.75, 3.05) is 0 Å². The first-order chi connectivity index (χ1) is 14.3. The average molecular weight is 445 g/mol. The summed E-state index contributed by atoms with van der Waals surface area (Å²) in [5.41, 5.74) is -1.24. The molecule has 10 heteroatoms. The number of nitrogens with one attached hydrogen (secondary N) is 1. The van der Waals surface area contributed by atoms with Gasteiger partial charge in [-0.25, -0.2) is 14.4 Å². The molecule has 0 fully saturated rings. The van der Waals surface area contributed by atoms with Gasteiger partial charge in [0.25, 0.3) is 5.56 Å². The Kier molecular flexibility index (Phi) is 5.08. The summed E-state index contributed by atoms with van der Waals surface area (Å²) in [7, 11) is 0. The molecule has 2 aromatic heterocycles. The molecule has 8 nitrogen and oxygen atoms in total. The SMILES string of the molecule is CC(=O)N1N=C(c2c(O)n(-c3cccc(Cl)c3)c(=O)[nH]c2=O)CC1c1ccc(C)s1. The van der Waals surface area contributed by atoms with Crippen molar-refractivity contribution in [3.63, 3.8) is 0 Å². The lowest BCUT2D eigenvalue weighted by atomic mass is 10.0. The molecule has 1 aromatic carbocycles. The number of aryl methyl sites for hydroxylation is 1. The van der Waals surface area contributed by atoms with Gasteiger partial charge in [-0.1, -0.05) is 17.7 Å². The zero-order valence-electron chi connectivity index (χ0n) is 16.0. The second-order valence-electron chi connectivity index (χ2n) is 6.85. The summed E-state index contributed by atoms with van der Waals surface area (Å²) < 4.78 is 0.950. The Bertz CT molecular complexity index is 1310. The molecule has 3 heterocycles. The Morgan fingerprint density at radius 1 is 1.30 bits per heavy atom. The first kappa shape index (κ1) is 20.1. The van der Waals surface area contributed by atoms with Crippen molar-refractivity contribution in [1.29, 1.82) is 0 Å². The minimum Gasteiger partial charge on any atom is -0.493 e. The maximum Gasteiger partial charge on any atom is 0.335 e. The molecule has 0 spiro atoms. The fourth-order valence-electron chi connectivity index (χ4n) is 3.45. The van der Waals surface area contributed by atoms with E-state index in [2.05, 4.69) is 10.1 Å².